The SMILES string of the molecule is CN(C(=O)c1c(F)ccc([N+](=O)[O-])c1F)C(C)(C)CO. The Morgan fingerprint density at radius 2 is 2.00 bits per heavy atom. The zero-order chi connectivity index (χ0) is 15.7. The van der Waals surface area contributed by atoms with E-state index < -0.39 is 45.9 Å². The molecule has 1 N–H and O–H groups in total. The van der Waals surface area contributed by atoms with Crippen LogP contribution in [-0.2, 0) is 0 Å². The second kappa shape index (κ2) is 5.49. The molecule has 8 heteroatoms. The Morgan fingerprint density at radius 3 is 2.45 bits per heavy atom. The third kappa shape index (κ3) is 2.74. The molecule has 0 fully saturated rings. The molecule has 0 aromatic heterocycles. The summed E-state index contributed by atoms with van der Waals surface area (Å²) in [6.07, 6.45) is 0. The summed E-state index contributed by atoms with van der Waals surface area (Å²) in [7, 11) is 1.25. The van der Waals surface area contributed by atoms with Gasteiger partial charge >= 0.3 is 5.69 Å². The fourth-order valence-electron chi connectivity index (χ4n) is 1.43. The number of carbonyl (C=O) groups is 1. The average Bonchev–Trinajstić information content (AvgIpc) is 2.37. The maximum atomic E-state index is 13.9. The number of rotatable bonds is 4. The molecule has 20 heavy (non-hydrogen) atoms. The van der Waals surface area contributed by atoms with Crippen LogP contribution < -0.4 is 0 Å². The van der Waals surface area contributed by atoms with Gasteiger partial charge in [-0.05, 0) is 19.9 Å². The molecule has 0 heterocycles. The average molecular weight is 288 g/mol. The maximum Gasteiger partial charge on any atom is 0.305 e. The first-order valence-electron chi connectivity index (χ1n) is 5.65. The van der Waals surface area contributed by atoms with Gasteiger partial charge in [-0.1, -0.05) is 0 Å². The molecule has 0 bridgehead atoms. The Kier molecular flexibility index (Phi) is 4.39. The fourth-order valence-corrected chi connectivity index (χ4v) is 1.43. The lowest BCUT2D eigenvalue weighted by Gasteiger charge is -2.34. The highest BCUT2D eigenvalue weighted by atomic mass is 19.1. The van der Waals surface area contributed by atoms with Gasteiger partial charge in [0.15, 0.2) is 0 Å². The number of aliphatic hydroxyl groups is 1. The number of hydrogen-bond donors (Lipinski definition) is 1. The van der Waals surface area contributed by atoms with E-state index in [0.717, 1.165) is 4.90 Å². The van der Waals surface area contributed by atoms with Gasteiger partial charge < -0.3 is 10.0 Å². The predicted octanol–water partition coefficient (Wildman–Crippen LogP) is 1.72. The number of benzene rings is 1. The van der Waals surface area contributed by atoms with Crippen LogP contribution >= 0.6 is 0 Å². The second-order valence-corrected chi connectivity index (χ2v) is 4.85. The second-order valence-electron chi connectivity index (χ2n) is 4.85. The maximum absolute atomic E-state index is 13.9. The van der Waals surface area contributed by atoms with Gasteiger partial charge in [-0.2, -0.15) is 4.39 Å². The lowest BCUT2D eigenvalue weighted by atomic mass is 10.0. The van der Waals surface area contributed by atoms with Gasteiger partial charge in [-0.3, -0.25) is 14.9 Å². The molecule has 0 spiro atoms. The van der Waals surface area contributed by atoms with Gasteiger partial charge in [0.2, 0.25) is 5.82 Å². The zero-order valence-corrected chi connectivity index (χ0v) is 11.2. The van der Waals surface area contributed by atoms with Gasteiger partial charge in [0.05, 0.1) is 17.1 Å². The van der Waals surface area contributed by atoms with Crippen molar-refractivity contribution in [3.05, 3.63) is 39.4 Å². The van der Waals surface area contributed by atoms with E-state index in [9.17, 15) is 23.7 Å². The van der Waals surface area contributed by atoms with Gasteiger partial charge in [0.25, 0.3) is 5.91 Å². The molecule has 1 rings (SSSR count). The molecule has 0 atom stereocenters. The van der Waals surface area contributed by atoms with Crippen LogP contribution in [0.15, 0.2) is 12.1 Å². The van der Waals surface area contributed by atoms with Crippen LogP contribution in [0.1, 0.15) is 24.2 Å². The summed E-state index contributed by atoms with van der Waals surface area (Å²) in [5, 5.41) is 19.8. The number of amides is 1. The monoisotopic (exact) mass is 288 g/mol. The van der Waals surface area contributed by atoms with E-state index in [1.54, 1.807) is 0 Å². The number of nitrogens with zero attached hydrogens (tertiary/aromatic N) is 2. The molecule has 0 saturated heterocycles. The first kappa shape index (κ1) is 16.0. The minimum atomic E-state index is -1.53. The minimum absolute atomic E-state index is 0.437. The van der Waals surface area contributed by atoms with Crippen molar-refractivity contribution < 1.29 is 23.6 Å². The Hall–Kier alpha value is -2.09. The van der Waals surface area contributed by atoms with Crippen molar-refractivity contribution in [2.24, 2.45) is 0 Å². The van der Waals surface area contributed by atoms with Crippen molar-refractivity contribution in [3.63, 3.8) is 0 Å². The van der Waals surface area contributed by atoms with Crippen molar-refractivity contribution in [2.75, 3.05) is 13.7 Å². The largest absolute Gasteiger partial charge is 0.394 e. The van der Waals surface area contributed by atoms with E-state index in [1.807, 2.05) is 0 Å². The van der Waals surface area contributed by atoms with Crippen molar-refractivity contribution >= 4 is 11.6 Å². The molecule has 0 aliphatic carbocycles. The Bertz CT molecular complexity index is 561. The number of likely N-dealkylation sites (N-methyl/N-ethyl adjacent to an activating group) is 1. The molecule has 0 aliphatic heterocycles. The highest BCUT2D eigenvalue weighted by molar-refractivity contribution is 5.95. The first-order valence-corrected chi connectivity index (χ1v) is 5.65. The smallest absolute Gasteiger partial charge is 0.305 e. The van der Waals surface area contributed by atoms with Gasteiger partial charge in [0.1, 0.15) is 11.4 Å². The molecule has 1 aromatic carbocycles. The third-order valence-electron chi connectivity index (χ3n) is 3.08. The highest BCUT2D eigenvalue weighted by Gasteiger charge is 2.33. The number of hydrogen-bond acceptors (Lipinski definition) is 4. The van der Waals surface area contributed by atoms with E-state index in [2.05, 4.69) is 0 Å². The highest BCUT2D eigenvalue weighted by Crippen LogP contribution is 2.25. The van der Waals surface area contributed by atoms with Crippen LogP contribution in [0.5, 0.6) is 0 Å². The Labute approximate surface area is 113 Å². The number of halogens is 2. The van der Waals surface area contributed by atoms with Crippen LogP contribution in [0.25, 0.3) is 0 Å². The summed E-state index contributed by atoms with van der Waals surface area (Å²) in [4.78, 5) is 22.6. The van der Waals surface area contributed by atoms with Crippen LogP contribution in [0, 0.1) is 21.7 Å². The Morgan fingerprint density at radius 1 is 1.45 bits per heavy atom. The van der Waals surface area contributed by atoms with Crippen LogP contribution in [0.3, 0.4) is 0 Å². The summed E-state index contributed by atoms with van der Waals surface area (Å²) < 4.78 is 27.5. The van der Waals surface area contributed by atoms with Crippen LogP contribution in [0.4, 0.5) is 14.5 Å². The van der Waals surface area contributed by atoms with Gasteiger partial charge in [-0.25, -0.2) is 4.39 Å². The molecule has 0 saturated carbocycles. The molecular weight excluding hydrogens is 274 g/mol. The zero-order valence-electron chi connectivity index (χ0n) is 11.2. The van der Waals surface area contributed by atoms with Crippen LogP contribution in [-0.4, -0.2) is 40.0 Å². The van der Waals surface area contributed by atoms with E-state index in [4.69, 9.17) is 5.11 Å². The molecule has 0 radical (unpaired) electrons. The topological polar surface area (TPSA) is 83.7 Å². The molecule has 1 aromatic rings. The Balaban J connectivity index is 3.36. The number of carbonyl (C=O) groups excluding carboxylic acids is 1. The lowest BCUT2D eigenvalue weighted by Crippen LogP contribution is -2.48. The number of nitro benzene ring substituents is 1. The number of aliphatic hydroxyl groups excluding tert-OH is 1. The lowest BCUT2D eigenvalue weighted by molar-refractivity contribution is -0.387. The summed E-state index contributed by atoms with van der Waals surface area (Å²) in [5.41, 5.74) is -3.06. The fraction of sp³-hybridized carbons (Fsp3) is 0.417. The quantitative estimate of drug-likeness (QED) is 0.675. The summed E-state index contributed by atoms with van der Waals surface area (Å²) in [6.45, 7) is 2.53. The molecule has 0 unspecified atom stereocenters. The van der Waals surface area contributed by atoms with Crippen LogP contribution in [0.2, 0.25) is 0 Å². The van der Waals surface area contributed by atoms with E-state index in [1.165, 1.54) is 20.9 Å². The molecule has 6 nitrogen and oxygen atoms in total. The summed E-state index contributed by atoms with van der Waals surface area (Å²) in [5.74, 6) is -3.80. The van der Waals surface area contributed by atoms with Crippen molar-refractivity contribution in [1.29, 1.82) is 0 Å². The first-order chi connectivity index (χ1) is 9.13. The van der Waals surface area contributed by atoms with E-state index in [-0.39, 0.29) is 0 Å². The van der Waals surface area contributed by atoms with E-state index >= 15 is 0 Å². The normalized spacial score (nSPS) is 11.3. The molecule has 0 aliphatic rings. The summed E-state index contributed by atoms with van der Waals surface area (Å²) >= 11 is 0. The van der Waals surface area contributed by atoms with Gasteiger partial charge in [0, 0.05) is 13.1 Å². The standard InChI is InChI=1S/C12H14F2N2O4/c1-12(2,6-17)15(3)11(18)9-7(13)4-5-8(10(9)14)16(19)20/h4-5,17H,6H2,1-3H3. The van der Waals surface area contributed by atoms with Crippen molar-refractivity contribution in [1.82, 2.24) is 4.90 Å². The van der Waals surface area contributed by atoms with Crippen molar-refractivity contribution in [3.8, 4) is 0 Å². The molecule has 110 valence electrons. The molecular formula is C12H14F2N2O4. The predicted molar refractivity (Wildman–Crippen MR) is 66.3 cm³/mol. The number of nitro groups is 1. The van der Waals surface area contributed by atoms with E-state index in [0.29, 0.717) is 12.1 Å². The van der Waals surface area contributed by atoms with Gasteiger partial charge in [-0.15, -0.1) is 0 Å². The third-order valence-corrected chi connectivity index (χ3v) is 3.08. The minimum Gasteiger partial charge on any atom is -0.394 e. The summed E-state index contributed by atoms with van der Waals surface area (Å²) in [6, 6.07) is 1.31. The van der Waals surface area contributed by atoms with Crippen molar-refractivity contribution in [2.45, 2.75) is 19.4 Å². The molecule has 1 amide bonds.